The first-order valence-corrected chi connectivity index (χ1v) is 11.6. The second kappa shape index (κ2) is 14.6. The number of rotatable bonds is 17. The molecule has 0 aromatic rings. The Balaban J connectivity index is 3.51. The van der Waals surface area contributed by atoms with Gasteiger partial charge in [-0.25, -0.2) is 4.39 Å². The Bertz CT molecular complexity index is 425. The molecular formula is C23H41F7O. The van der Waals surface area contributed by atoms with Crippen molar-refractivity contribution in [2.45, 2.75) is 129 Å². The molecule has 0 aliphatic carbocycles. The van der Waals surface area contributed by atoms with Crippen LogP contribution in [0.5, 0.6) is 0 Å². The highest BCUT2D eigenvalue weighted by Gasteiger charge is 2.71. The zero-order chi connectivity index (χ0) is 24.0. The van der Waals surface area contributed by atoms with Crippen LogP contribution in [0.2, 0.25) is 0 Å². The van der Waals surface area contributed by atoms with Gasteiger partial charge in [0.1, 0.15) is 0 Å². The monoisotopic (exact) mass is 466 g/mol. The molecule has 0 amide bonds. The Morgan fingerprint density at radius 1 is 0.452 bits per heavy atom. The van der Waals surface area contributed by atoms with E-state index in [1.165, 1.54) is 6.42 Å². The van der Waals surface area contributed by atoms with Crippen molar-refractivity contribution < 1.29 is 35.5 Å². The number of hydrogen-bond donors (Lipinski definition) is 0. The average molecular weight is 467 g/mol. The normalized spacial score (nSPS) is 13.7. The van der Waals surface area contributed by atoms with Gasteiger partial charge in [0.05, 0.1) is 0 Å². The summed E-state index contributed by atoms with van der Waals surface area (Å²) in [6.45, 7) is 8.21. The highest BCUT2D eigenvalue weighted by Crippen LogP contribution is 2.49. The smallest absolute Gasteiger partial charge is 0.381 e. The Morgan fingerprint density at radius 2 is 0.806 bits per heavy atom. The summed E-state index contributed by atoms with van der Waals surface area (Å²) in [6, 6.07) is 0. The van der Waals surface area contributed by atoms with Crippen LogP contribution < -0.4 is 0 Å². The van der Waals surface area contributed by atoms with Crippen molar-refractivity contribution in [3.8, 4) is 0 Å². The summed E-state index contributed by atoms with van der Waals surface area (Å²) in [6.07, 6.45) is -2.62. The van der Waals surface area contributed by atoms with E-state index >= 15 is 0 Å². The van der Waals surface area contributed by atoms with E-state index in [1.807, 2.05) is 0 Å². The Kier molecular flexibility index (Phi) is 14.3. The van der Waals surface area contributed by atoms with E-state index in [0.717, 1.165) is 71.0 Å². The van der Waals surface area contributed by atoms with E-state index in [1.54, 1.807) is 0 Å². The van der Waals surface area contributed by atoms with Gasteiger partial charge in [-0.05, 0) is 31.1 Å². The molecule has 188 valence electrons. The number of hydrogen-bond acceptors (Lipinski definition) is 1. The van der Waals surface area contributed by atoms with E-state index in [0.29, 0.717) is 11.8 Å². The second-order valence-corrected chi connectivity index (χ2v) is 9.71. The van der Waals surface area contributed by atoms with Gasteiger partial charge in [0.25, 0.3) is 5.67 Å². The molecule has 0 aliphatic heterocycles. The summed E-state index contributed by atoms with van der Waals surface area (Å²) < 4.78 is 93.7. The van der Waals surface area contributed by atoms with Crippen LogP contribution in [0, 0.1) is 5.41 Å². The summed E-state index contributed by atoms with van der Waals surface area (Å²) in [4.78, 5) is 0. The molecule has 0 bridgehead atoms. The van der Waals surface area contributed by atoms with Crippen LogP contribution in [0.15, 0.2) is 0 Å². The lowest BCUT2D eigenvalue weighted by molar-refractivity contribution is -0.343. The van der Waals surface area contributed by atoms with Crippen molar-refractivity contribution in [2.24, 2.45) is 5.41 Å². The van der Waals surface area contributed by atoms with Gasteiger partial charge in [-0.3, -0.25) is 0 Å². The predicted octanol–water partition coefficient (Wildman–Crippen LogP) is 9.34. The zero-order valence-corrected chi connectivity index (χ0v) is 19.4. The minimum Gasteiger partial charge on any atom is -0.381 e. The maximum Gasteiger partial charge on any atom is 0.431 e. The third-order valence-corrected chi connectivity index (χ3v) is 5.45. The van der Waals surface area contributed by atoms with Gasteiger partial charge in [-0.1, -0.05) is 85.0 Å². The number of unbranched alkanes of at least 4 members (excludes halogenated alkanes) is 11. The van der Waals surface area contributed by atoms with Gasteiger partial charge in [-0.2, -0.15) is 26.3 Å². The molecule has 31 heavy (non-hydrogen) atoms. The van der Waals surface area contributed by atoms with Crippen molar-refractivity contribution in [1.29, 1.82) is 0 Å². The third kappa shape index (κ3) is 14.3. The average Bonchev–Trinajstić information content (AvgIpc) is 2.61. The van der Waals surface area contributed by atoms with Gasteiger partial charge in [0, 0.05) is 13.2 Å². The minimum atomic E-state index is -5.93. The maximum atomic E-state index is 13.5. The first-order chi connectivity index (χ1) is 14.2. The lowest BCUT2D eigenvalue weighted by atomic mass is 9.93. The van der Waals surface area contributed by atoms with Crippen LogP contribution >= 0.6 is 0 Å². The molecule has 8 heteroatoms. The molecule has 0 N–H and O–H groups in total. The standard InChI is InChI=1S/C23H41F7O/c1-20(2,3)17-19-31-18-15-13-11-9-7-5-4-6-8-10-12-14-16-21(24,22(25,26)27)23(28,29)30/h4-19H2,1-3H3. The summed E-state index contributed by atoms with van der Waals surface area (Å²) in [5, 5.41) is 0. The van der Waals surface area contributed by atoms with E-state index < -0.39 is 30.9 Å². The first kappa shape index (κ1) is 30.5. The summed E-state index contributed by atoms with van der Waals surface area (Å²) >= 11 is 0. The molecule has 0 fully saturated rings. The van der Waals surface area contributed by atoms with Crippen LogP contribution in [-0.2, 0) is 4.74 Å². The molecule has 0 unspecified atom stereocenters. The van der Waals surface area contributed by atoms with Gasteiger partial charge < -0.3 is 4.74 Å². The number of ether oxygens (including phenoxy) is 1. The molecule has 0 aliphatic rings. The Hall–Kier alpha value is -0.530. The first-order valence-electron chi connectivity index (χ1n) is 11.6. The summed E-state index contributed by atoms with van der Waals surface area (Å²) in [5.41, 5.74) is -4.79. The predicted molar refractivity (Wildman–Crippen MR) is 111 cm³/mol. The van der Waals surface area contributed by atoms with Crippen LogP contribution in [0.4, 0.5) is 30.7 Å². The van der Waals surface area contributed by atoms with Gasteiger partial charge in [0.2, 0.25) is 0 Å². The van der Waals surface area contributed by atoms with Crippen molar-refractivity contribution in [3.05, 3.63) is 0 Å². The molecular weight excluding hydrogens is 425 g/mol. The summed E-state index contributed by atoms with van der Waals surface area (Å²) in [5.74, 6) is 0. The fraction of sp³-hybridized carbons (Fsp3) is 1.00. The largest absolute Gasteiger partial charge is 0.431 e. The van der Waals surface area contributed by atoms with Crippen LogP contribution in [0.1, 0.15) is 111 Å². The third-order valence-electron chi connectivity index (χ3n) is 5.45. The molecule has 0 aromatic heterocycles. The van der Waals surface area contributed by atoms with Crippen LogP contribution in [-0.4, -0.2) is 31.2 Å². The van der Waals surface area contributed by atoms with Crippen molar-refractivity contribution in [3.63, 3.8) is 0 Å². The van der Waals surface area contributed by atoms with Gasteiger partial charge in [-0.15, -0.1) is 0 Å². The molecule has 0 atom stereocenters. The maximum absolute atomic E-state index is 13.5. The molecule has 0 rings (SSSR count). The molecule has 1 nitrogen and oxygen atoms in total. The fourth-order valence-electron chi connectivity index (χ4n) is 3.27. The van der Waals surface area contributed by atoms with E-state index in [9.17, 15) is 30.7 Å². The Morgan fingerprint density at radius 3 is 1.16 bits per heavy atom. The lowest BCUT2D eigenvalue weighted by Gasteiger charge is -2.29. The van der Waals surface area contributed by atoms with Crippen molar-refractivity contribution in [2.75, 3.05) is 13.2 Å². The Labute approximate surface area is 183 Å². The van der Waals surface area contributed by atoms with Gasteiger partial charge in [0.15, 0.2) is 0 Å². The highest BCUT2D eigenvalue weighted by atomic mass is 19.4. The fourth-order valence-corrected chi connectivity index (χ4v) is 3.27. The van der Waals surface area contributed by atoms with E-state index in [4.69, 9.17) is 4.74 Å². The SMILES string of the molecule is CC(C)(C)CCOCCCCCCCCCCCCCCC(F)(C(F)(F)F)C(F)(F)F. The van der Waals surface area contributed by atoms with Crippen molar-refractivity contribution in [1.82, 2.24) is 0 Å². The van der Waals surface area contributed by atoms with Crippen LogP contribution in [0.25, 0.3) is 0 Å². The zero-order valence-electron chi connectivity index (χ0n) is 19.4. The number of alkyl halides is 7. The topological polar surface area (TPSA) is 9.23 Å². The van der Waals surface area contributed by atoms with Crippen molar-refractivity contribution >= 4 is 0 Å². The highest BCUT2D eigenvalue weighted by molar-refractivity contribution is 4.94. The molecule has 0 heterocycles. The molecule has 0 spiro atoms. The number of halogens is 7. The molecule has 0 radical (unpaired) electrons. The molecule has 0 aromatic carbocycles. The molecule has 0 saturated carbocycles. The summed E-state index contributed by atoms with van der Waals surface area (Å²) in [7, 11) is 0. The quantitative estimate of drug-likeness (QED) is 0.153. The second-order valence-electron chi connectivity index (χ2n) is 9.71. The molecule has 0 saturated heterocycles. The minimum absolute atomic E-state index is 0.176. The lowest BCUT2D eigenvalue weighted by Crippen LogP contribution is -2.53. The van der Waals surface area contributed by atoms with Crippen LogP contribution in [0.3, 0.4) is 0 Å². The van der Waals surface area contributed by atoms with E-state index in [2.05, 4.69) is 20.8 Å². The van der Waals surface area contributed by atoms with E-state index in [-0.39, 0.29) is 6.42 Å². The van der Waals surface area contributed by atoms with Gasteiger partial charge >= 0.3 is 12.4 Å².